The van der Waals surface area contributed by atoms with Gasteiger partial charge in [-0.05, 0) is 83.4 Å². The Bertz CT molecular complexity index is 1170. The summed E-state index contributed by atoms with van der Waals surface area (Å²) in [6.45, 7) is 19.1. The van der Waals surface area contributed by atoms with Crippen molar-refractivity contribution in [1.82, 2.24) is 10.2 Å². The van der Waals surface area contributed by atoms with Gasteiger partial charge in [-0.15, -0.1) is 0 Å². The number of ether oxygens (including phenoxy) is 1. The molecule has 0 saturated carbocycles. The second-order valence-electron chi connectivity index (χ2n) is 12.7. The van der Waals surface area contributed by atoms with Crippen LogP contribution in [-0.4, -0.2) is 40.5 Å². The van der Waals surface area contributed by atoms with E-state index in [4.69, 9.17) is 16.3 Å². The molecule has 3 atom stereocenters. The Morgan fingerprint density at radius 1 is 0.927 bits per heavy atom. The molecule has 0 saturated heterocycles. The SMILES string of the molecule is Cc1ccc(C(C(=O)Nc2c(C)cccc2Cl)N(C(=O)C(NC(=O)OC(C)(C)C)C(C)C)C(C)CCC(C)C)cc1. The Labute approximate surface area is 251 Å². The highest BCUT2D eigenvalue weighted by Gasteiger charge is 2.40. The summed E-state index contributed by atoms with van der Waals surface area (Å²) in [7, 11) is 0. The molecule has 0 heterocycles. The van der Waals surface area contributed by atoms with E-state index in [1.165, 1.54) is 0 Å². The van der Waals surface area contributed by atoms with Crippen LogP contribution in [0.1, 0.15) is 91.0 Å². The minimum atomic E-state index is -0.970. The summed E-state index contributed by atoms with van der Waals surface area (Å²) in [5.74, 6) is -0.580. The number of rotatable bonds is 11. The molecule has 0 aliphatic heterocycles. The van der Waals surface area contributed by atoms with Crippen molar-refractivity contribution in [2.75, 3.05) is 5.32 Å². The van der Waals surface area contributed by atoms with Crippen LogP contribution in [0.3, 0.4) is 0 Å². The number of nitrogens with one attached hydrogen (secondary N) is 2. The van der Waals surface area contributed by atoms with Crippen LogP contribution in [0.15, 0.2) is 42.5 Å². The molecule has 8 heteroatoms. The number of amides is 3. The lowest BCUT2D eigenvalue weighted by Crippen LogP contribution is -2.56. The van der Waals surface area contributed by atoms with Crippen LogP contribution in [0.2, 0.25) is 5.02 Å². The Morgan fingerprint density at radius 3 is 2.05 bits per heavy atom. The summed E-state index contributed by atoms with van der Waals surface area (Å²) in [6.07, 6.45) is 0.867. The first-order chi connectivity index (χ1) is 19.0. The van der Waals surface area contributed by atoms with E-state index >= 15 is 0 Å². The Hall–Kier alpha value is -3.06. The fourth-order valence-corrected chi connectivity index (χ4v) is 4.86. The first-order valence-corrected chi connectivity index (χ1v) is 14.8. The third kappa shape index (κ3) is 10.1. The third-order valence-electron chi connectivity index (χ3n) is 6.89. The Balaban J connectivity index is 2.65. The fourth-order valence-electron chi connectivity index (χ4n) is 4.59. The van der Waals surface area contributed by atoms with Gasteiger partial charge in [-0.2, -0.15) is 0 Å². The third-order valence-corrected chi connectivity index (χ3v) is 7.20. The normalized spacial score (nSPS) is 13.9. The van der Waals surface area contributed by atoms with E-state index in [2.05, 4.69) is 24.5 Å². The monoisotopic (exact) mass is 585 g/mol. The lowest BCUT2D eigenvalue weighted by Gasteiger charge is -2.39. The van der Waals surface area contributed by atoms with Gasteiger partial charge in [0.2, 0.25) is 5.91 Å². The van der Waals surface area contributed by atoms with Crippen molar-refractivity contribution in [3.63, 3.8) is 0 Å². The summed E-state index contributed by atoms with van der Waals surface area (Å²) in [5.41, 5.74) is 2.29. The summed E-state index contributed by atoms with van der Waals surface area (Å²) in [5, 5.41) is 6.22. The highest BCUT2D eigenvalue weighted by atomic mass is 35.5. The van der Waals surface area contributed by atoms with Gasteiger partial charge >= 0.3 is 6.09 Å². The number of hydrogen-bond donors (Lipinski definition) is 2. The zero-order chi connectivity index (χ0) is 31.1. The van der Waals surface area contributed by atoms with Crippen LogP contribution in [0, 0.1) is 25.7 Å². The van der Waals surface area contributed by atoms with E-state index in [1.807, 2.05) is 71.0 Å². The molecule has 0 fully saturated rings. The average Bonchev–Trinajstić information content (AvgIpc) is 2.85. The maximum Gasteiger partial charge on any atom is 0.408 e. The number of benzene rings is 2. The van der Waals surface area contributed by atoms with Crippen molar-refractivity contribution in [2.24, 2.45) is 11.8 Å². The number of nitrogens with zero attached hydrogens (tertiary/aromatic N) is 1. The molecule has 0 spiro atoms. The lowest BCUT2D eigenvalue weighted by atomic mass is 9.94. The van der Waals surface area contributed by atoms with Gasteiger partial charge < -0.3 is 20.3 Å². The van der Waals surface area contributed by atoms with E-state index in [0.717, 1.165) is 17.5 Å². The maximum atomic E-state index is 14.5. The number of carbonyl (C=O) groups excluding carboxylic acids is 3. The van der Waals surface area contributed by atoms with Gasteiger partial charge in [-0.25, -0.2) is 4.79 Å². The van der Waals surface area contributed by atoms with Crippen LogP contribution in [-0.2, 0) is 14.3 Å². The van der Waals surface area contributed by atoms with Crippen LogP contribution < -0.4 is 10.6 Å². The van der Waals surface area contributed by atoms with Crippen molar-refractivity contribution in [1.29, 1.82) is 0 Å². The zero-order valence-corrected chi connectivity index (χ0v) is 27.1. The number of alkyl carbamates (subject to hydrolysis) is 1. The van der Waals surface area contributed by atoms with E-state index in [0.29, 0.717) is 28.6 Å². The van der Waals surface area contributed by atoms with Crippen molar-refractivity contribution >= 4 is 35.2 Å². The number of hydrogen-bond acceptors (Lipinski definition) is 4. The number of aryl methyl sites for hydroxylation is 2. The molecule has 0 radical (unpaired) electrons. The van der Waals surface area contributed by atoms with Crippen LogP contribution in [0.5, 0.6) is 0 Å². The molecule has 2 N–H and O–H groups in total. The van der Waals surface area contributed by atoms with E-state index in [-0.39, 0.29) is 23.8 Å². The van der Waals surface area contributed by atoms with Gasteiger partial charge in [0.15, 0.2) is 0 Å². The molecule has 41 heavy (non-hydrogen) atoms. The predicted octanol–water partition coefficient (Wildman–Crippen LogP) is 7.84. The van der Waals surface area contributed by atoms with E-state index in [9.17, 15) is 14.4 Å². The molecule has 0 aliphatic rings. The molecule has 3 amide bonds. The second-order valence-corrected chi connectivity index (χ2v) is 13.1. The van der Waals surface area contributed by atoms with Crippen LogP contribution >= 0.6 is 11.6 Å². The zero-order valence-electron chi connectivity index (χ0n) is 26.3. The minimum Gasteiger partial charge on any atom is -0.444 e. The van der Waals surface area contributed by atoms with Gasteiger partial charge in [-0.1, -0.05) is 81.3 Å². The minimum absolute atomic E-state index is 0.262. The first kappa shape index (κ1) is 34.1. The number of carbonyl (C=O) groups is 3. The number of anilines is 1. The van der Waals surface area contributed by atoms with Crippen LogP contribution in [0.4, 0.5) is 10.5 Å². The lowest BCUT2D eigenvalue weighted by molar-refractivity contribution is -0.144. The van der Waals surface area contributed by atoms with Gasteiger partial charge in [0.1, 0.15) is 17.7 Å². The number of para-hydroxylation sites is 1. The van der Waals surface area contributed by atoms with Crippen molar-refractivity contribution in [2.45, 2.75) is 106 Å². The molecule has 0 bridgehead atoms. The van der Waals surface area contributed by atoms with Gasteiger partial charge in [-0.3, -0.25) is 9.59 Å². The molecular formula is C33H48ClN3O4. The van der Waals surface area contributed by atoms with Crippen molar-refractivity contribution in [3.05, 3.63) is 64.2 Å². The highest BCUT2D eigenvalue weighted by Crippen LogP contribution is 2.32. The second kappa shape index (κ2) is 14.7. The fraction of sp³-hybridized carbons (Fsp3) is 0.545. The summed E-state index contributed by atoms with van der Waals surface area (Å²) in [6, 6.07) is 10.8. The van der Waals surface area contributed by atoms with Gasteiger partial charge in [0.05, 0.1) is 10.7 Å². The van der Waals surface area contributed by atoms with Gasteiger partial charge in [0, 0.05) is 6.04 Å². The molecule has 2 aromatic rings. The Kier molecular flexibility index (Phi) is 12.3. The highest BCUT2D eigenvalue weighted by molar-refractivity contribution is 6.34. The summed E-state index contributed by atoms with van der Waals surface area (Å²) < 4.78 is 5.48. The molecule has 2 aromatic carbocycles. The van der Waals surface area contributed by atoms with Crippen molar-refractivity contribution in [3.8, 4) is 0 Å². The molecule has 226 valence electrons. The topological polar surface area (TPSA) is 87.7 Å². The standard InChI is InChI=1S/C33H48ClN3O4/c1-20(2)14-17-24(7)37(31(39)27(21(3)4)36-32(40)41-33(8,9)10)29(25-18-15-22(5)16-19-25)30(38)35-28-23(6)12-11-13-26(28)34/h11-13,15-16,18-21,24,27,29H,14,17H2,1-10H3,(H,35,38)(H,36,40). The molecule has 0 aromatic heterocycles. The quantitative estimate of drug-likeness (QED) is 0.281. The molecule has 0 aliphatic carbocycles. The Morgan fingerprint density at radius 2 is 1.54 bits per heavy atom. The molecule has 3 unspecified atom stereocenters. The predicted molar refractivity (Wildman–Crippen MR) is 167 cm³/mol. The van der Waals surface area contributed by atoms with Crippen LogP contribution in [0.25, 0.3) is 0 Å². The van der Waals surface area contributed by atoms with E-state index < -0.39 is 23.8 Å². The first-order valence-electron chi connectivity index (χ1n) is 14.5. The molecule has 2 rings (SSSR count). The largest absolute Gasteiger partial charge is 0.444 e. The van der Waals surface area contributed by atoms with Gasteiger partial charge in [0.25, 0.3) is 5.91 Å². The average molecular weight is 586 g/mol. The summed E-state index contributed by atoms with van der Waals surface area (Å²) in [4.78, 5) is 43.2. The number of halogens is 1. The maximum absolute atomic E-state index is 14.5. The molecular weight excluding hydrogens is 538 g/mol. The smallest absolute Gasteiger partial charge is 0.408 e. The molecule has 7 nitrogen and oxygen atoms in total. The van der Waals surface area contributed by atoms with E-state index in [1.54, 1.807) is 31.7 Å². The van der Waals surface area contributed by atoms with Crippen molar-refractivity contribution < 1.29 is 19.1 Å². The summed E-state index contributed by atoms with van der Waals surface area (Å²) >= 11 is 6.48.